The smallest absolute Gasteiger partial charge is 0.333 e. The second-order valence-electron chi connectivity index (χ2n) is 9.07. The molecule has 0 aliphatic rings. The number of ether oxygens (including phenoxy) is 1. The topological polar surface area (TPSA) is 46.5 Å². The number of esters is 1. The third-order valence-electron chi connectivity index (χ3n) is 4.28. The minimum absolute atomic E-state index is 0.141. The summed E-state index contributed by atoms with van der Waals surface area (Å²) in [6, 6.07) is 4.16. The summed E-state index contributed by atoms with van der Waals surface area (Å²) in [5, 5.41) is 10.8. The van der Waals surface area contributed by atoms with Gasteiger partial charge in [-0.3, -0.25) is 0 Å². The predicted molar refractivity (Wildman–Crippen MR) is 104 cm³/mol. The number of carbonyl (C=O) groups excluding carboxylic acids is 1. The number of rotatable bonds is 5. The summed E-state index contributed by atoms with van der Waals surface area (Å²) in [5.74, 6) is 0.0504. The Bertz CT molecular complexity index is 607. The van der Waals surface area contributed by atoms with Crippen molar-refractivity contribution in [3.8, 4) is 5.75 Å². The van der Waals surface area contributed by atoms with Crippen molar-refractivity contribution in [1.29, 1.82) is 0 Å². The molecule has 0 fully saturated rings. The predicted octanol–water partition coefficient (Wildman–Crippen LogP) is 5.43. The Labute approximate surface area is 153 Å². The summed E-state index contributed by atoms with van der Waals surface area (Å²) in [6.07, 6.45) is 1.35. The van der Waals surface area contributed by atoms with Crippen LogP contribution in [0.4, 0.5) is 0 Å². The summed E-state index contributed by atoms with van der Waals surface area (Å²) >= 11 is 0. The Balaban J connectivity index is 3.08. The summed E-state index contributed by atoms with van der Waals surface area (Å²) in [5.41, 5.74) is 3.21. The van der Waals surface area contributed by atoms with Crippen molar-refractivity contribution in [2.75, 3.05) is 0 Å². The van der Waals surface area contributed by atoms with E-state index in [4.69, 9.17) is 4.74 Å². The molecule has 1 rings (SSSR count). The Morgan fingerprint density at radius 3 is 1.92 bits per heavy atom. The lowest BCUT2D eigenvalue weighted by Gasteiger charge is -2.28. The molecular formula is C22H34O3. The highest BCUT2D eigenvalue weighted by Gasteiger charge is 2.26. The normalized spacial score (nSPS) is 13.4. The zero-order valence-electron chi connectivity index (χ0n) is 17.1. The van der Waals surface area contributed by atoms with Crippen LogP contribution in [0.5, 0.6) is 5.75 Å². The molecule has 0 aliphatic carbocycles. The van der Waals surface area contributed by atoms with Gasteiger partial charge in [0.2, 0.25) is 0 Å². The lowest BCUT2D eigenvalue weighted by Crippen LogP contribution is -2.19. The zero-order chi connectivity index (χ0) is 19.6. The van der Waals surface area contributed by atoms with E-state index in [1.54, 1.807) is 6.92 Å². The molecule has 3 nitrogen and oxygen atoms in total. The molecule has 3 heteroatoms. The molecule has 1 aromatic carbocycles. The van der Waals surface area contributed by atoms with E-state index < -0.39 is 0 Å². The average Bonchev–Trinajstić information content (AvgIpc) is 2.43. The first-order valence-electron chi connectivity index (χ1n) is 8.96. The highest BCUT2D eigenvalue weighted by atomic mass is 16.5. The first-order chi connectivity index (χ1) is 11.2. The van der Waals surface area contributed by atoms with Crippen LogP contribution in [0.2, 0.25) is 0 Å². The summed E-state index contributed by atoms with van der Waals surface area (Å²) in [6.45, 7) is 19.8. The molecule has 0 amide bonds. The number of aromatic hydroxyl groups is 1. The fraction of sp³-hybridized carbons (Fsp3) is 0.591. The van der Waals surface area contributed by atoms with Gasteiger partial charge in [-0.1, -0.05) is 60.3 Å². The minimum Gasteiger partial charge on any atom is -0.507 e. The molecule has 1 aromatic rings. The largest absolute Gasteiger partial charge is 0.507 e. The maximum atomic E-state index is 11.6. The van der Waals surface area contributed by atoms with Crippen LogP contribution in [0.15, 0.2) is 24.3 Å². The molecule has 140 valence electrons. The quantitative estimate of drug-likeness (QED) is 0.571. The van der Waals surface area contributed by atoms with E-state index in [0.29, 0.717) is 11.3 Å². The van der Waals surface area contributed by atoms with Gasteiger partial charge >= 0.3 is 5.97 Å². The lowest BCUT2D eigenvalue weighted by molar-refractivity contribution is -0.143. The SMILES string of the molecule is C=C(C)C(=O)OC(C)CCc1cc(C(C)(C)C)c(O)c(C(C)(C)C)c1. The van der Waals surface area contributed by atoms with Gasteiger partial charge in [-0.2, -0.15) is 0 Å². The molecule has 0 bridgehead atoms. The van der Waals surface area contributed by atoms with Gasteiger partial charge in [0.25, 0.3) is 0 Å². The van der Waals surface area contributed by atoms with Gasteiger partial charge < -0.3 is 9.84 Å². The fourth-order valence-electron chi connectivity index (χ4n) is 2.69. The molecule has 1 N–H and O–H groups in total. The number of phenols is 1. The second kappa shape index (κ2) is 7.63. The summed E-state index contributed by atoms with van der Waals surface area (Å²) in [7, 11) is 0. The highest BCUT2D eigenvalue weighted by molar-refractivity contribution is 5.87. The number of benzene rings is 1. The third-order valence-corrected chi connectivity index (χ3v) is 4.28. The van der Waals surface area contributed by atoms with Crippen molar-refractivity contribution >= 4 is 5.97 Å². The van der Waals surface area contributed by atoms with Gasteiger partial charge in [0.1, 0.15) is 5.75 Å². The monoisotopic (exact) mass is 346 g/mol. The maximum absolute atomic E-state index is 11.6. The highest BCUT2D eigenvalue weighted by Crippen LogP contribution is 2.40. The first-order valence-corrected chi connectivity index (χ1v) is 8.96. The number of phenolic OH excluding ortho intramolecular Hbond substituents is 1. The Kier molecular flexibility index (Phi) is 6.50. The molecule has 0 radical (unpaired) electrons. The minimum atomic E-state index is -0.344. The van der Waals surface area contributed by atoms with Crippen molar-refractivity contribution in [2.45, 2.75) is 85.2 Å². The van der Waals surface area contributed by atoms with Crippen LogP contribution < -0.4 is 0 Å². The number of hydrogen-bond acceptors (Lipinski definition) is 3. The number of carbonyl (C=O) groups is 1. The van der Waals surface area contributed by atoms with Crippen molar-refractivity contribution in [2.24, 2.45) is 0 Å². The molecule has 0 heterocycles. The lowest BCUT2D eigenvalue weighted by atomic mass is 9.78. The Morgan fingerprint density at radius 2 is 1.56 bits per heavy atom. The second-order valence-corrected chi connectivity index (χ2v) is 9.07. The Hall–Kier alpha value is -1.77. The first kappa shape index (κ1) is 21.3. The Morgan fingerprint density at radius 1 is 1.12 bits per heavy atom. The van der Waals surface area contributed by atoms with Crippen LogP contribution in [-0.2, 0) is 26.8 Å². The van der Waals surface area contributed by atoms with E-state index in [0.717, 1.165) is 29.5 Å². The van der Waals surface area contributed by atoms with E-state index in [9.17, 15) is 9.90 Å². The van der Waals surface area contributed by atoms with E-state index in [1.165, 1.54) is 0 Å². The molecule has 25 heavy (non-hydrogen) atoms. The summed E-state index contributed by atoms with van der Waals surface area (Å²) in [4.78, 5) is 11.6. The van der Waals surface area contributed by atoms with Crippen LogP contribution in [0.1, 0.15) is 78.5 Å². The van der Waals surface area contributed by atoms with Crippen LogP contribution in [0.3, 0.4) is 0 Å². The standard InChI is InChI=1S/C22H34O3/c1-14(2)20(24)25-15(3)10-11-16-12-17(21(4,5)6)19(23)18(13-16)22(7,8)9/h12-13,15,23H,1,10-11H2,2-9H3. The van der Waals surface area contributed by atoms with Gasteiger partial charge in [0.15, 0.2) is 0 Å². The van der Waals surface area contributed by atoms with Gasteiger partial charge in [0, 0.05) is 5.57 Å². The van der Waals surface area contributed by atoms with Crippen molar-refractivity contribution in [3.63, 3.8) is 0 Å². The van der Waals surface area contributed by atoms with Crippen LogP contribution in [0.25, 0.3) is 0 Å². The molecule has 1 unspecified atom stereocenters. The van der Waals surface area contributed by atoms with E-state index in [2.05, 4.69) is 60.3 Å². The molecule has 0 spiro atoms. The third kappa shape index (κ3) is 5.91. The van der Waals surface area contributed by atoms with Gasteiger partial charge in [-0.25, -0.2) is 4.79 Å². The summed E-state index contributed by atoms with van der Waals surface area (Å²) < 4.78 is 5.36. The van der Waals surface area contributed by atoms with Crippen molar-refractivity contribution < 1.29 is 14.6 Å². The maximum Gasteiger partial charge on any atom is 0.333 e. The number of aryl methyl sites for hydroxylation is 1. The van der Waals surface area contributed by atoms with E-state index in [-0.39, 0.29) is 22.9 Å². The zero-order valence-corrected chi connectivity index (χ0v) is 17.1. The molecule has 0 saturated carbocycles. The molecule has 1 atom stereocenters. The van der Waals surface area contributed by atoms with Gasteiger partial charge in [0.05, 0.1) is 6.10 Å². The average molecular weight is 347 g/mol. The molecule has 0 aromatic heterocycles. The van der Waals surface area contributed by atoms with E-state index >= 15 is 0 Å². The number of hydrogen-bond donors (Lipinski definition) is 1. The van der Waals surface area contributed by atoms with Gasteiger partial charge in [-0.15, -0.1) is 0 Å². The molecule has 0 aliphatic heterocycles. The van der Waals surface area contributed by atoms with Crippen LogP contribution in [-0.4, -0.2) is 17.2 Å². The molecular weight excluding hydrogens is 312 g/mol. The van der Waals surface area contributed by atoms with Crippen molar-refractivity contribution in [1.82, 2.24) is 0 Å². The van der Waals surface area contributed by atoms with E-state index in [1.807, 2.05) is 6.92 Å². The van der Waals surface area contributed by atoms with Gasteiger partial charge in [-0.05, 0) is 54.2 Å². The molecule has 0 saturated heterocycles. The van der Waals surface area contributed by atoms with Crippen LogP contribution >= 0.6 is 0 Å². The fourth-order valence-corrected chi connectivity index (χ4v) is 2.69. The van der Waals surface area contributed by atoms with Crippen LogP contribution in [0, 0.1) is 0 Å². The van der Waals surface area contributed by atoms with Crippen molar-refractivity contribution in [3.05, 3.63) is 41.0 Å².